The standard InChI is InChI=1S/C14H16BrN3/c1-10(12-3-5-13(15)6-4-12)17-9-14-7-8-16-11(2)18-14/h3-8,10,17H,9H2,1-2H3/t10-/m0/s1. The van der Waals surface area contributed by atoms with E-state index in [1.165, 1.54) is 5.56 Å². The Hall–Kier alpha value is -1.26. The molecule has 0 fully saturated rings. The summed E-state index contributed by atoms with van der Waals surface area (Å²) in [6, 6.07) is 10.6. The highest BCUT2D eigenvalue weighted by Crippen LogP contribution is 2.16. The van der Waals surface area contributed by atoms with Crippen molar-refractivity contribution in [3.63, 3.8) is 0 Å². The monoisotopic (exact) mass is 305 g/mol. The van der Waals surface area contributed by atoms with Gasteiger partial charge in [0.15, 0.2) is 0 Å². The summed E-state index contributed by atoms with van der Waals surface area (Å²) < 4.78 is 1.10. The molecule has 1 atom stereocenters. The van der Waals surface area contributed by atoms with Gasteiger partial charge >= 0.3 is 0 Å². The molecule has 4 heteroatoms. The summed E-state index contributed by atoms with van der Waals surface area (Å²) in [5.74, 6) is 0.811. The van der Waals surface area contributed by atoms with Crippen LogP contribution in [0.4, 0.5) is 0 Å². The number of nitrogens with zero attached hydrogens (tertiary/aromatic N) is 2. The van der Waals surface area contributed by atoms with Crippen LogP contribution in [0.3, 0.4) is 0 Å². The molecule has 0 radical (unpaired) electrons. The van der Waals surface area contributed by atoms with Crippen LogP contribution in [0.25, 0.3) is 0 Å². The van der Waals surface area contributed by atoms with Crippen molar-refractivity contribution in [1.29, 1.82) is 0 Å². The summed E-state index contributed by atoms with van der Waals surface area (Å²) in [6.45, 7) is 4.81. The molecule has 0 aliphatic carbocycles. The van der Waals surface area contributed by atoms with Crippen molar-refractivity contribution in [3.05, 3.63) is 58.1 Å². The van der Waals surface area contributed by atoms with Crippen molar-refractivity contribution in [2.24, 2.45) is 0 Å². The van der Waals surface area contributed by atoms with Crippen molar-refractivity contribution in [2.45, 2.75) is 26.4 Å². The molecule has 0 saturated heterocycles. The number of halogens is 1. The van der Waals surface area contributed by atoms with E-state index in [4.69, 9.17) is 0 Å². The summed E-state index contributed by atoms with van der Waals surface area (Å²) in [5, 5.41) is 3.46. The zero-order valence-electron chi connectivity index (χ0n) is 10.5. The van der Waals surface area contributed by atoms with E-state index in [1.807, 2.05) is 13.0 Å². The Kier molecular flexibility index (Phi) is 4.44. The maximum Gasteiger partial charge on any atom is 0.125 e. The van der Waals surface area contributed by atoms with Crippen LogP contribution in [0.5, 0.6) is 0 Å². The van der Waals surface area contributed by atoms with E-state index in [2.05, 4.69) is 62.4 Å². The van der Waals surface area contributed by atoms with Gasteiger partial charge in [-0.3, -0.25) is 0 Å². The van der Waals surface area contributed by atoms with E-state index in [-0.39, 0.29) is 0 Å². The molecule has 1 N–H and O–H groups in total. The Morgan fingerprint density at radius 1 is 1.22 bits per heavy atom. The molecule has 1 aromatic carbocycles. The van der Waals surface area contributed by atoms with Crippen LogP contribution in [0.1, 0.15) is 30.0 Å². The van der Waals surface area contributed by atoms with Crippen molar-refractivity contribution in [1.82, 2.24) is 15.3 Å². The Balaban J connectivity index is 1.96. The van der Waals surface area contributed by atoms with Crippen LogP contribution in [0.15, 0.2) is 41.0 Å². The van der Waals surface area contributed by atoms with Gasteiger partial charge in [0.1, 0.15) is 5.82 Å². The summed E-state index contributed by atoms with van der Waals surface area (Å²) >= 11 is 3.44. The highest BCUT2D eigenvalue weighted by Gasteiger charge is 2.05. The van der Waals surface area contributed by atoms with Crippen LogP contribution in [-0.2, 0) is 6.54 Å². The van der Waals surface area contributed by atoms with Crippen molar-refractivity contribution in [3.8, 4) is 0 Å². The molecule has 0 saturated carbocycles. The average Bonchev–Trinajstić information content (AvgIpc) is 2.37. The Bertz CT molecular complexity index is 511. The second-order valence-corrected chi connectivity index (χ2v) is 5.17. The van der Waals surface area contributed by atoms with Crippen molar-refractivity contribution in [2.75, 3.05) is 0 Å². The van der Waals surface area contributed by atoms with E-state index in [1.54, 1.807) is 6.20 Å². The van der Waals surface area contributed by atoms with Gasteiger partial charge in [-0.15, -0.1) is 0 Å². The molecule has 0 aliphatic rings. The minimum absolute atomic E-state index is 0.299. The third-order valence-electron chi connectivity index (χ3n) is 2.79. The van der Waals surface area contributed by atoms with E-state index >= 15 is 0 Å². The molecule has 3 nitrogen and oxygen atoms in total. The highest BCUT2D eigenvalue weighted by atomic mass is 79.9. The van der Waals surface area contributed by atoms with Crippen LogP contribution < -0.4 is 5.32 Å². The van der Waals surface area contributed by atoms with Gasteiger partial charge in [0.2, 0.25) is 0 Å². The van der Waals surface area contributed by atoms with Crippen LogP contribution in [-0.4, -0.2) is 9.97 Å². The molecule has 2 aromatic rings. The first kappa shape index (κ1) is 13.2. The maximum atomic E-state index is 4.37. The van der Waals surface area contributed by atoms with E-state index in [9.17, 15) is 0 Å². The number of aromatic nitrogens is 2. The summed E-state index contributed by atoms with van der Waals surface area (Å²) in [7, 11) is 0. The van der Waals surface area contributed by atoms with Crippen LogP contribution in [0, 0.1) is 6.92 Å². The molecule has 18 heavy (non-hydrogen) atoms. The molecule has 0 unspecified atom stereocenters. The lowest BCUT2D eigenvalue weighted by atomic mass is 10.1. The first-order valence-corrected chi connectivity index (χ1v) is 6.72. The topological polar surface area (TPSA) is 37.8 Å². The van der Waals surface area contributed by atoms with Gasteiger partial charge in [0.25, 0.3) is 0 Å². The van der Waals surface area contributed by atoms with Gasteiger partial charge in [-0.2, -0.15) is 0 Å². The first-order chi connectivity index (χ1) is 8.65. The number of hydrogen-bond acceptors (Lipinski definition) is 3. The molecule has 94 valence electrons. The Labute approximate surface area is 116 Å². The third-order valence-corrected chi connectivity index (χ3v) is 3.32. The minimum atomic E-state index is 0.299. The molecule has 0 spiro atoms. The van der Waals surface area contributed by atoms with Gasteiger partial charge in [0, 0.05) is 23.3 Å². The molecular weight excluding hydrogens is 290 g/mol. The number of rotatable bonds is 4. The van der Waals surface area contributed by atoms with Crippen molar-refractivity contribution < 1.29 is 0 Å². The lowest BCUT2D eigenvalue weighted by molar-refractivity contribution is 0.566. The molecule has 1 heterocycles. The maximum absolute atomic E-state index is 4.37. The predicted molar refractivity (Wildman–Crippen MR) is 76.2 cm³/mol. The Morgan fingerprint density at radius 3 is 2.61 bits per heavy atom. The van der Waals surface area contributed by atoms with Gasteiger partial charge < -0.3 is 5.32 Å². The largest absolute Gasteiger partial charge is 0.305 e. The van der Waals surface area contributed by atoms with Gasteiger partial charge in [-0.05, 0) is 37.6 Å². The van der Waals surface area contributed by atoms with Gasteiger partial charge in [0.05, 0.1) is 5.69 Å². The SMILES string of the molecule is Cc1nccc(CN[C@@H](C)c2ccc(Br)cc2)n1. The lowest BCUT2D eigenvalue weighted by Gasteiger charge is -2.14. The van der Waals surface area contributed by atoms with Crippen LogP contribution in [0.2, 0.25) is 0 Å². The molecule has 2 rings (SSSR count). The predicted octanol–water partition coefficient (Wildman–Crippen LogP) is 3.40. The van der Waals surface area contributed by atoms with Gasteiger partial charge in [-0.25, -0.2) is 9.97 Å². The molecule has 0 bridgehead atoms. The highest BCUT2D eigenvalue weighted by molar-refractivity contribution is 9.10. The third kappa shape index (κ3) is 3.62. The normalized spacial score (nSPS) is 12.4. The smallest absolute Gasteiger partial charge is 0.125 e. The fourth-order valence-corrected chi connectivity index (χ4v) is 1.99. The van der Waals surface area contributed by atoms with E-state index in [0.717, 1.165) is 22.5 Å². The van der Waals surface area contributed by atoms with E-state index in [0.29, 0.717) is 6.04 Å². The van der Waals surface area contributed by atoms with E-state index < -0.39 is 0 Å². The Morgan fingerprint density at radius 2 is 1.94 bits per heavy atom. The minimum Gasteiger partial charge on any atom is -0.305 e. The molecule has 1 aromatic heterocycles. The fourth-order valence-electron chi connectivity index (χ4n) is 1.73. The average molecular weight is 306 g/mol. The van der Waals surface area contributed by atoms with Gasteiger partial charge in [-0.1, -0.05) is 28.1 Å². The van der Waals surface area contributed by atoms with Crippen molar-refractivity contribution >= 4 is 15.9 Å². The second-order valence-electron chi connectivity index (χ2n) is 4.25. The zero-order chi connectivity index (χ0) is 13.0. The summed E-state index contributed by atoms with van der Waals surface area (Å²) in [5.41, 5.74) is 2.29. The number of hydrogen-bond donors (Lipinski definition) is 1. The fraction of sp³-hybridized carbons (Fsp3) is 0.286. The number of aryl methyl sites for hydroxylation is 1. The first-order valence-electron chi connectivity index (χ1n) is 5.92. The zero-order valence-corrected chi connectivity index (χ0v) is 12.1. The molecule has 0 amide bonds. The summed E-state index contributed by atoms with van der Waals surface area (Å²) in [6.07, 6.45) is 1.80. The molecular formula is C14H16BrN3. The van der Waals surface area contributed by atoms with Crippen LogP contribution >= 0.6 is 15.9 Å². The molecule has 0 aliphatic heterocycles. The quantitative estimate of drug-likeness (QED) is 0.941. The number of nitrogens with one attached hydrogen (secondary N) is 1. The second kappa shape index (κ2) is 6.07. The number of benzene rings is 1. The lowest BCUT2D eigenvalue weighted by Crippen LogP contribution is -2.19. The summed E-state index contributed by atoms with van der Waals surface area (Å²) in [4.78, 5) is 8.46.